The van der Waals surface area contributed by atoms with Crippen molar-refractivity contribution in [1.82, 2.24) is 9.88 Å². The molecule has 1 atom stereocenters. The molecule has 4 rings (SSSR count). The van der Waals surface area contributed by atoms with Gasteiger partial charge in [-0.25, -0.2) is 0 Å². The molecule has 2 N–H and O–H groups in total. The maximum atomic E-state index is 11.9. The first-order valence-electron chi connectivity index (χ1n) is 9.38. The Morgan fingerprint density at radius 3 is 2.62 bits per heavy atom. The van der Waals surface area contributed by atoms with E-state index < -0.39 is 5.91 Å². The molecule has 2 aliphatic rings. The van der Waals surface area contributed by atoms with Crippen molar-refractivity contribution in [2.45, 2.75) is 32.2 Å². The highest BCUT2D eigenvalue weighted by molar-refractivity contribution is 5.99. The number of fused-ring (bicyclic) bond motifs is 1. The molecule has 1 fully saturated rings. The zero-order valence-corrected chi connectivity index (χ0v) is 15.2. The van der Waals surface area contributed by atoms with E-state index in [1.54, 1.807) is 0 Å². The van der Waals surface area contributed by atoms with E-state index in [0.29, 0.717) is 17.3 Å². The monoisotopic (exact) mass is 351 g/mol. The van der Waals surface area contributed by atoms with E-state index in [2.05, 4.69) is 36.1 Å². The van der Waals surface area contributed by atoms with E-state index in [4.69, 9.17) is 15.5 Å². The number of nitrogens with zero attached hydrogens (tertiary/aromatic N) is 2. The number of hydrogen-bond acceptors (Lipinski definition) is 4. The van der Waals surface area contributed by atoms with Crippen LogP contribution in [0.2, 0.25) is 0 Å². The van der Waals surface area contributed by atoms with E-state index in [-0.39, 0.29) is 0 Å². The number of aromatic nitrogens is 1. The molecule has 1 saturated heterocycles. The van der Waals surface area contributed by atoms with Crippen molar-refractivity contribution in [3.63, 3.8) is 0 Å². The molecule has 1 unspecified atom stereocenters. The standard InChI is InChI=1S/C21H25N3O2/c1-14(24-9-11-26-12-10-24)15-5-7-16(8-6-15)20-18(21(22)25)13-17-3-2-4-19(17)23-20/h5-8,13-14H,2-4,9-12H2,1H3,(H2,22,25). The number of pyridine rings is 1. The molecule has 0 spiro atoms. The zero-order chi connectivity index (χ0) is 18.1. The summed E-state index contributed by atoms with van der Waals surface area (Å²) in [4.78, 5) is 19.2. The van der Waals surface area contributed by atoms with Crippen LogP contribution >= 0.6 is 0 Å². The lowest BCUT2D eigenvalue weighted by molar-refractivity contribution is 0.0198. The topological polar surface area (TPSA) is 68.5 Å². The minimum absolute atomic E-state index is 0.344. The van der Waals surface area contributed by atoms with Crippen LogP contribution in [0.4, 0.5) is 0 Å². The van der Waals surface area contributed by atoms with Crippen molar-refractivity contribution < 1.29 is 9.53 Å². The van der Waals surface area contributed by atoms with Gasteiger partial charge in [-0.3, -0.25) is 14.7 Å². The summed E-state index contributed by atoms with van der Waals surface area (Å²) in [5, 5.41) is 0. The minimum atomic E-state index is -0.409. The number of morpholine rings is 1. The van der Waals surface area contributed by atoms with E-state index in [1.807, 2.05) is 6.07 Å². The first-order valence-corrected chi connectivity index (χ1v) is 9.38. The normalized spacial score (nSPS) is 18.5. The third-order valence-corrected chi connectivity index (χ3v) is 5.58. The van der Waals surface area contributed by atoms with Crippen LogP contribution < -0.4 is 5.73 Å². The Hall–Kier alpha value is -2.24. The highest BCUT2D eigenvalue weighted by Gasteiger charge is 2.21. The molecule has 0 bridgehead atoms. The lowest BCUT2D eigenvalue weighted by Gasteiger charge is -2.32. The van der Waals surface area contributed by atoms with Gasteiger partial charge in [-0.1, -0.05) is 24.3 Å². The van der Waals surface area contributed by atoms with E-state index in [0.717, 1.165) is 56.8 Å². The SMILES string of the molecule is CC(c1ccc(-c2nc3c(cc2C(N)=O)CCC3)cc1)N1CCOCC1. The molecule has 2 heterocycles. The number of nitrogens with two attached hydrogens (primary N) is 1. The molecule has 0 saturated carbocycles. The average molecular weight is 351 g/mol. The molecule has 0 radical (unpaired) electrons. The van der Waals surface area contributed by atoms with Gasteiger partial charge in [-0.05, 0) is 43.4 Å². The zero-order valence-electron chi connectivity index (χ0n) is 15.2. The molecule has 136 valence electrons. The molecule has 1 amide bonds. The summed E-state index contributed by atoms with van der Waals surface area (Å²) in [7, 11) is 0. The number of hydrogen-bond donors (Lipinski definition) is 1. The average Bonchev–Trinajstić information content (AvgIpc) is 3.15. The van der Waals surface area contributed by atoms with Crippen LogP contribution in [0, 0.1) is 0 Å². The fourth-order valence-electron chi connectivity index (χ4n) is 3.98. The maximum absolute atomic E-state index is 11.9. The van der Waals surface area contributed by atoms with Crippen molar-refractivity contribution in [1.29, 1.82) is 0 Å². The second-order valence-electron chi connectivity index (χ2n) is 7.15. The Bertz CT molecular complexity index is 811. The third kappa shape index (κ3) is 3.24. The first-order chi connectivity index (χ1) is 12.6. The van der Waals surface area contributed by atoms with Crippen LogP contribution in [0.25, 0.3) is 11.3 Å². The summed E-state index contributed by atoms with van der Waals surface area (Å²) in [6.07, 6.45) is 3.06. The fourth-order valence-corrected chi connectivity index (χ4v) is 3.98. The van der Waals surface area contributed by atoms with Gasteiger partial charge in [-0.15, -0.1) is 0 Å². The smallest absolute Gasteiger partial charge is 0.250 e. The van der Waals surface area contributed by atoms with Crippen LogP contribution in [0.1, 0.15) is 46.6 Å². The van der Waals surface area contributed by atoms with Crippen LogP contribution in [0.5, 0.6) is 0 Å². The number of rotatable bonds is 4. The van der Waals surface area contributed by atoms with E-state index >= 15 is 0 Å². The molecule has 1 aromatic heterocycles. The number of aryl methyl sites for hydroxylation is 2. The van der Waals surface area contributed by atoms with Crippen LogP contribution in [-0.4, -0.2) is 42.1 Å². The summed E-state index contributed by atoms with van der Waals surface area (Å²) < 4.78 is 5.44. The van der Waals surface area contributed by atoms with Crippen molar-refractivity contribution in [2.75, 3.05) is 26.3 Å². The molecule has 5 heteroatoms. The Morgan fingerprint density at radius 1 is 1.19 bits per heavy atom. The number of primary amides is 1. The molecular formula is C21H25N3O2. The number of benzene rings is 1. The van der Waals surface area contributed by atoms with Gasteiger partial charge < -0.3 is 10.5 Å². The van der Waals surface area contributed by atoms with Gasteiger partial charge in [0.15, 0.2) is 0 Å². The van der Waals surface area contributed by atoms with Gasteiger partial charge >= 0.3 is 0 Å². The first kappa shape index (κ1) is 17.2. The summed E-state index contributed by atoms with van der Waals surface area (Å²) in [5.41, 5.74) is 11.3. The van der Waals surface area contributed by atoms with Crippen molar-refractivity contribution in [2.24, 2.45) is 5.73 Å². The lowest BCUT2D eigenvalue weighted by atomic mass is 9.99. The number of amides is 1. The summed E-state index contributed by atoms with van der Waals surface area (Å²) in [5.74, 6) is -0.409. The van der Waals surface area contributed by atoms with Gasteiger partial charge in [0.1, 0.15) is 0 Å². The number of carbonyl (C=O) groups excluding carboxylic acids is 1. The maximum Gasteiger partial charge on any atom is 0.250 e. The second-order valence-corrected chi connectivity index (χ2v) is 7.15. The van der Waals surface area contributed by atoms with Crippen LogP contribution in [0.3, 0.4) is 0 Å². The van der Waals surface area contributed by atoms with Gasteiger partial charge in [0.25, 0.3) is 5.91 Å². The van der Waals surface area contributed by atoms with Crippen LogP contribution in [-0.2, 0) is 17.6 Å². The number of carbonyl (C=O) groups is 1. The minimum Gasteiger partial charge on any atom is -0.379 e. The largest absolute Gasteiger partial charge is 0.379 e. The van der Waals surface area contributed by atoms with Gasteiger partial charge in [-0.2, -0.15) is 0 Å². The highest BCUT2D eigenvalue weighted by atomic mass is 16.5. The van der Waals surface area contributed by atoms with Crippen molar-refractivity contribution >= 4 is 5.91 Å². The summed E-state index contributed by atoms with van der Waals surface area (Å²) >= 11 is 0. The molecular weight excluding hydrogens is 326 g/mol. The van der Waals surface area contributed by atoms with E-state index in [9.17, 15) is 4.79 Å². The van der Waals surface area contributed by atoms with Gasteiger partial charge in [0.05, 0.1) is 24.5 Å². The van der Waals surface area contributed by atoms with Gasteiger partial charge in [0, 0.05) is 30.4 Å². The van der Waals surface area contributed by atoms with Crippen molar-refractivity contribution in [3.8, 4) is 11.3 Å². The predicted molar refractivity (Wildman–Crippen MR) is 101 cm³/mol. The van der Waals surface area contributed by atoms with Gasteiger partial charge in [0.2, 0.25) is 0 Å². The molecule has 1 aliphatic heterocycles. The van der Waals surface area contributed by atoms with Crippen molar-refractivity contribution in [3.05, 3.63) is 52.7 Å². The Labute approximate surface area is 154 Å². The third-order valence-electron chi connectivity index (χ3n) is 5.58. The summed E-state index contributed by atoms with van der Waals surface area (Å²) in [6, 6.07) is 10.7. The lowest BCUT2D eigenvalue weighted by Crippen LogP contribution is -2.37. The molecule has 2 aromatic rings. The Balaban J connectivity index is 1.63. The quantitative estimate of drug-likeness (QED) is 0.920. The predicted octanol–water partition coefficient (Wildman–Crippen LogP) is 2.73. The fraction of sp³-hybridized carbons (Fsp3) is 0.429. The Morgan fingerprint density at radius 2 is 1.92 bits per heavy atom. The van der Waals surface area contributed by atoms with E-state index in [1.165, 1.54) is 11.1 Å². The molecule has 5 nitrogen and oxygen atoms in total. The highest BCUT2D eigenvalue weighted by Crippen LogP contribution is 2.30. The number of ether oxygens (including phenoxy) is 1. The second kappa shape index (κ2) is 7.17. The molecule has 1 aliphatic carbocycles. The Kier molecular flexibility index (Phi) is 4.74. The molecule has 1 aromatic carbocycles. The summed E-state index contributed by atoms with van der Waals surface area (Å²) in [6.45, 7) is 5.73. The van der Waals surface area contributed by atoms with Crippen LogP contribution in [0.15, 0.2) is 30.3 Å². The molecule has 26 heavy (non-hydrogen) atoms.